The highest BCUT2D eigenvalue weighted by Gasteiger charge is 2.33. The molecule has 0 bridgehead atoms. The normalized spacial score (nSPS) is 13.3. The number of para-hydroxylation sites is 2. The van der Waals surface area contributed by atoms with Gasteiger partial charge in [0.2, 0.25) is 11.7 Å². The van der Waals surface area contributed by atoms with Crippen LogP contribution in [0.4, 0.5) is 0 Å². The van der Waals surface area contributed by atoms with Crippen molar-refractivity contribution < 1.29 is 22.4 Å². The summed E-state index contributed by atoms with van der Waals surface area (Å²) in [6.07, 6.45) is 0.945. The number of rotatable bonds is 14. The topological polar surface area (TPSA) is 118 Å². The molecule has 8 nitrogen and oxygen atoms in total. The zero-order chi connectivity index (χ0) is 29.5. The highest BCUT2D eigenvalue weighted by Crippen LogP contribution is 2.30. The predicted molar refractivity (Wildman–Crippen MR) is 167 cm³/mol. The maximum atomic E-state index is 13.9. The van der Waals surface area contributed by atoms with Crippen molar-refractivity contribution in [3.63, 3.8) is 0 Å². The summed E-state index contributed by atoms with van der Waals surface area (Å²) in [4.78, 5) is 33.6. The summed E-state index contributed by atoms with van der Waals surface area (Å²) in [5.74, 6) is -1.78. The lowest BCUT2D eigenvalue weighted by Gasteiger charge is -2.26. The fourth-order valence-corrected chi connectivity index (χ4v) is 7.97. The fraction of sp³-hybridized carbons (Fsp3) is 0.258. The Balaban J connectivity index is 1.43. The average molecular weight is 622 g/mol. The van der Waals surface area contributed by atoms with E-state index in [4.69, 9.17) is 4.42 Å². The molecule has 0 fully saturated rings. The number of aromatic nitrogens is 1. The second-order valence-electron chi connectivity index (χ2n) is 9.92. The minimum Gasteiger partial charge on any atom is -0.434 e. The minimum atomic E-state index is -3.73. The zero-order valence-electron chi connectivity index (χ0n) is 22.9. The number of sulfone groups is 1. The standard InChI is InChI=1S/C31H31N3O5S3/c1-2-10-23(29(35)31-34-22-13-6-7-14-25(22)39-31)33-30(36)24(20-42(37,38)19-21-11-4-3-5-12-21)32-28(26-15-8-17-40-26)27-16-9-18-41-27/h3-9,11-18,23-24,28,32H,2,10,19-20H2,1H3,(H,33,36). The number of nitrogens with zero attached hydrogens (tertiary/aromatic N) is 1. The number of benzene rings is 2. The van der Waals surface area contributed by atoms with Gasteiger partial charge in [0.15, 0.2) is 15.4 Å². The van der Waals surface area contributed by atoms with Gasteiger partial charge in [-0.2, -0.15) is 0 Å². The van der Waals surface area contributed by atoms with Crippen LogP contribution in [0.25, 0.3) is 11.1 Å². The Kier molecular flexibility index (Phi) is 9.63. The Morgan fingerprint density at radius 3 is 2.17 bits per heavy atom. The summed E-state index contributed by atoms with van der Waals surface area (Å²) in [5, 5.41) is 10.0. The van der Waals surface area contributed by atoms with Gasteiger partial charge in [-0.05, 0) is 47.0 Å². The summed E-state index contributed by atoms with van der Waals surface area (Å²) < 4.78 is 32.5. The Bertz CT molecular complexity index is 1650. The third kappa shape index (κ3) is 7.40. The number of carbonyl (C=O) groups is 2. The molecule has 3 heterocycles. The average Bonchev–Trinajstić information content (AvgIpc) is 3.77. The van der Waals surface area contributed by atoms with Crippen molar-refractivity contribution in [1.29, 1.82) is 0 Å². The van der Waals surface area contributed by atoms with E-state index in [1.807, 2.05) is 48.0 Å². The molecule has 0 radical (unpaired) electrons. The van der Waals surface area contributed by atoms with Gasteiger partial charge in [0.1, 0.15) is 11.6 Å². The Hall–Kier alpha value is -3.64. The minimum absolute atomic E-state index is 0.0915. The highest BCUT2D eigenvalue weighted by molar-refractivity contribution is 7.90. The molecule has 2 unspecified atom stereocenters. The predicted octanol–water partition coefficient (Wildman–Crippen LogP) is 5.78. The van der Waals surface area contributed by atoms with Crippen molar-refractivity contribution >= 4 is 55.3 Å². The first-order valence-corrected chi connectivity index (χ1v) is 17.2. The Morgan fingerprint density at radius 2 is 1.55 bits per heavy atom. The van der Waals surface area contributed by atoms with Gasteiger partial charge in [-0.25, -0.2) is 13.4 Å². The lowest BCUT2D eigenvalue weighted by molar-refractivity contribution is -0.123. The van der Waals surface area contributed by atoms with Crippen LogP contribution in [0.5, 0.6) is 0 Å². The number of fused-ring (bicyclic) bond motifs is 1. The molecule has 5 aromatic rings. The number of carbonyl (C=O) groups excluding carboxylic acids is 2. The molecule has 2 aromatic carbocycles. The molecule has 0 spiro atoms. The van der Waals surface area contributed by atoms with Crippen LogP contribution in [0.15, 0.2) is 94.0 Å². The Morgan fingerprint density at radius 1 is 0.881 bits per heavy atom. The van der Waals surface area contributed by atoms with Crippen molar-refractivity contribution in [2.24, 2.45) is 0 Å². The maximum absolute atomic E-state index is 13.9. The number of hydrogen-bond acceptors (Lipinski definition) is 9. The fourth-order valence-electron chi connectivity index (χ4n) is 4.71. The van der Waals surface area contributed by atoms with Gasteiger partial charge in [0.25, 0.3) is 5.89 Å². The van der Waals surface area contributed by atoms with E-state index in [0.29, 0.717) is 29.5 Å². The van der Waals surface area contributed by atoms with Crippen molar-refractivity contribution in [1.82, 2.24) is 15.6 Å². The number of oxazole rings is 1. The molecule has 218 valence electrons. The molecular formula is C31H31N3O5S3. The number of Topliss-reactive ketones (excluding diaryl/α,β-unsaturated/α-hetero) is 1. The van der Waals surface area contributed by atoms with Crippen LogP contribution < -0.4 is 10.6 Å². The third-order valence-electron chi connectivity index (χ3n) is 6.70. The summed E-state index contributed by atoms with van der Waals surface area (Å²) >= 11 is 3.04. The number of hydrogen-bond donors (Lipinski definition) is 2. The lowest BCUT2D eigenvalue weighted by atomic mass is 10.1. The maximum Gasteiger partial charge on any atom is 0.266 e. The number of ketones is 1. The second-order valence-corrected chi connectivity index (χ2v) is 14.0. The van der Waals surface area contributed by atoms with Gasteiger partial charge >= 0.3 is 0 Å². The first-order valence-electron chi connectivity index (χ1n) is 13.6. The van der Waals surface area contributed by atoms with E-state index in [0.717, 1.165) is 9.75 Å². The Labute approximate surface area is 252 Å². The van der Waals surface area contributed by atoms with Crippen molar-refractivity contribution in [3.8, 4) is 0 Å². The molecule has 2 N–H and O–H groups in total. The van der Waals surface area contributed by atoms with Crippen LogP contribution in [0.3, 0.4) is 0 Å². The summed E-state index contributed by atoms with van der Waals surface area (Å²) in [6, 6.07) is 21.2. The van der Waals surface area contributed by atoms with Crippen LogP contribution >= 0.6 is 22.7 Å². The van der Waals surface area contributed by atoms with Crippen LogP contribution in [0.2, 0.25) is 0 Å². The number of thiophene rings is 2. The largest absolute Gasteiger partial charge is 0.434 e. The number of amides is 1. The summed E-state index contributed by atoms with van der Waals surface area (Å²) in [7, 11) is -3.73. The van der Waals surface area contributed by atoms with Gasteiger partial charge in [0, 0.05) is 9.75 Å². The van der Waals surface area contributed by atoms with Crippen LogP contribution in [-0.2, 0) is 20.4 Å². The second kappa shape index (κ2) is 13.6. The molecule has 42 heavy (non-hydrogen) atoms. The SMILES string of the molecule is CCCC(NC(=O)C(CS(=O)(=O)Cc1ccccc1)NC(c1cccs1)c1cccs1)C(=O)c1nc2ccccc2o1. The van der Waals surface area contributed by atoms with Gasteiger partial charge in [-0.15, -0.1) is 22.7 Å². The highest BCUT2D eigenvalue weighted by atomic mass is 32.2. The van der Waals surface area contributed by atoms with Gasteiger partial charge in [-0.1, -0.05) is 67.9 Å². The molecule has 5 rings (SSSR count). The van der Waals surface area contributed by atoms with Gasteiger partial charge in [-0.3, -0.25) is 14.9 Å². The summed E-state index contributed by atoms with van der Waals surface area (Å²) in [6.45, 7) is 1.90. The molecule has 3 aromatic heterocycles. The van der Waals surface area contributed by atoms with E-state index in [1.165, 1.54) is 22.7 Å². The molecule has 2 atom stereocenters. The smallest absolute Gasteiger partial charge is 0.266 e. The van der Waals surface area contributed by atoms with E-state index in [2.05, 4.69) is 15.6 Å². The molecule has 11 heteroatoms. The quantitative estimate of drug-likeness (QED) is 0.151. The molecule has 0 aliphatic carbocycles. The van der Waals surface area contributed by atoms with Gasteiger partial charge < -0.3 is 9.73 Å². The molecule has 1 amide bonds. The first kappa shape index (κ1) is 29.8. The van der Waals surface area contributed by atoms with E-state index < -0.39 is 45.4 Å². The summed E-state index contributed by atoms with van der Waals surface area (Å²) in [5.41, 5.74) is 1.66. The van der Waals surface area contributed by atoms with E-state index >= 15 is 0 Å². The first-order chi connectivity index (χ1) is 20.3. The zero-order valence-corrected chi connectivity index (χ0v) is 25.4. The van der Waals surface area contributed by atoms with E-state index in [-0.39, 0.29) is 11.6 Å². The number of nitrogens with one attached hydrogen (secondary N) is 2. The molecular weight excluding hydrogens is 591 g/mol. The third-order valence-corrected chi connectivity index (χ3v) is 10.2. The van der Waals surface area contributed by atoms with E-state index in [1.54, 1.807) is 48.5 Å². The molecule has 0 aliphatic heterocycles. The van der Waals surface area contributed by atoms with Gasteiger partial charge in [0.05, 0.1) is 23.6 Å². The molecule has 0 saturated heterocycles. The van der Waals surface area contributed by atoms with Crippen LogP contribution in [0, 0.1) is 0 Å². The molecule has 0 saturated carbocycles. The van der Waals surface area contributed by atoms with E-state index in [9.17, 15) is 18.0 Å². The van der Waals surface area contributed by atoms with Crippen LogP contribution in [0.1, 0.15) is 51.8 Å². The molecule has 0 aliphatic rings. The van der Waals surface area contributed by atoms with Crippen molar-refractivity contribution in [3.05, 3.63) is 111 Å². The van der Waals surface area contributed by atoms with Crippen molar-refractivity contribution in [2.45, 2.75) is 43.6 Å². The van der Waals surface area contributed by atoms with Crippen molar-refractivity contribution in [2.75, 3.05) is 5.75 Å². The lowest BCUT2D eigenvalue weighted by Crippen LogP contribution is -2.53. The van der Waals surface area contributed by atoms with Crippen LogP contribution in [-0.4, -0.2) is 42.9 Å². The monoisotopic (exact) mass is 621 g/mol.